The molecule has 4 nitrogen and oxygen atoms in total. The van der Waals surface area contributed by atoms with Crippen LogP contribution in [0.25, 0.3) is 0 Å². The van der Waals surface area contributed by atoms with Crippen LogP contribution in [0.5, 0.6) is 0 Å². The van der Waals surface area contributed by atoms with Gasteiger partial charge in [-0.05, 0) is 37.0 Å². The van der Waals surface area contributed by atoms with Gasteiger partial charge in [0.2, 0.25) is 0 Å². The highest BCUT2D eigenvalue weighted by molar-refractivity contribution is 5.99. The number of nitrogens with two attached hydrogens (primary N) is 2. The van der Waals surface area contributed by atoms with E-state index in [1.54, 1.807) is 18.2 Å². The number of amides is 1. The Morgan fingerprint density at radius 1 is 1.35 bits per heavy atom. The number of carbonyl (C=O) groups excluding carboxylic acids is 1. The molecule has 4 heteroatoms. The summed E-state index contributed by atoms with van der Waals surface area (Å²) in [6, 6.07) is 4.94. The highest BCUT2D eigenvalue weighted by atomic mass is 16.1. The Hall–Kier alpha value is -1.71. The van der Waals surface area contributed by atoms with Crippen LogP contribution in [-0.4, -0.2) is 12.5 Å². The number of carbonyl (C=O) groups is 1. The van der Waals surface area contributed by atoms with Crippen LogP contribution in [0, 0.1) is 5.92 Å². The average Bonchev–Trinajstić information content (AvgIpc) is 2.23. The van der Waals surface area contributed by atoms with Crippen LogP contribution in [0.1, 0.15) is 37.0 Å². The minimum Gasteiger partial charge on any atom is -0.399 e. The van der Waals surface area contributed by atoms with E-state index in [0.717, 1.165) is 12.8 Å². The smallest absolute Gasteiger partial charge is 0.253 e. The van der Waals surface area contributed by atoms with Gasteiger partial charge in [0.1, 0.15) is 0 Å². The van der Waals surface area contributed by atoms with Crippen LogP contribution in [0.4, 0.5) is 11.4 Å². The molecular weight excluding hydrogens is 214 g/mol. The Kier molecular flexibility index (Phi) is 4.82. The van der Waals surface area contributed by atoms with Crippen molar-refractivity contribution in [2.75, 3.05) is 18.0 Å². The van der Waals surface area contributed by atoms with Gasteiger partial charge in [-0.3, -0.25) is 4.79 Å². The molecule has 0 radical (unpaired) electrons. The number of rotatable bonds is 5. The monoisotopic (exact) mass is 235 g/mol. The lowest BCUT2D eigenvalue weighted by molar-refractivity contribution is 0.0953. The Morgan fingerprint density at radius 2 is 2.06 bits per heavy atom. The minimum atomic E-state index is -0.133. The Bertz CT molecular complexity index is 388. The molecule has 0 saturated heterocycles. The molecule has 0 aliphatic heterocycles. The maximum Gasteiger partial charge on any atom is 0.253 e. The predicted octanol–water partition coefficient (Wildman–Crippen LogP) is 2.02. The van der Waals surface area contributed by atoms with E-state index in [0.29, 0.717) is 29.4 Å². The lowest BCUT2D eigenvalue weighted by atomic mass is 10.1. The third-order valence-corrected chi connectivity index (χ3v) is 2.56. The summed E-state index contributed by atoms with van der Waals surface area (Å²) in [5, 5.41) is 2.85. The summed E-state index contributed by atoms with van der Waals surface area (Å²) in [6.07, 6.45) is 2.09. The third-order valence-electron chi connectivity index (χ3n) is 2.56. The highest BCUT2D eigenvalue weighted by Crippen LogP contribution is 2.15. The zero-order chi connectivity index (χ0) is 12.8. The third kappa shape index (κ3) is 4.34. The minimum absolute atomic E-state index is 0.133. The summed E-state index contributed by atoms with van der Waals surface area (Å²) in [5.41, 5.74) is 12.8. The molecule has 94 valence electrons. The molecule has 0 saturated carbocycles. The summed E-state index contributed by atoms with van der Waals surface area (Å²) in [4.78, 5) is 11.8. The van der Waals surface area contributed by atoms with Crippen molar-refractivity contribution in [2.45, 2.75) is 26.7 Å². The maximum atomic E-state index is 11.8. The molecule has 0 aliphatic carbocycles. The largest absolute Gasteiger partial charge is 0.399 e. The van der Waals surface area contributed by atoms with Crippen molar-refractivity contribution < 1.29 is 4.79 Å². The van der Waals surface area contributed by atoms with E-state index in [2.05, 4.69) is 19.2 Å². The number of benzene rings is 1. The first kappa shape index (κ1) is 13.4. The summed E-state index contributed by atoms with van der Waals surface area (Å²) in [6.45, 7) is 5.01. The molecule has 1 rings (SSSR count). The SMILES string of the molecule is CC(C)CCCNC(=O)c1ccc(N)cc1N. The van der Waals surface area contributed by atoms with Gasteiger partial charge in [0.25, 0.3) is 5.91 Å². The quantitative estimate of drug-likeness (QED) is 0.539. The fourth-order valence-corrected chi connectivity index (χ4v) is 1.60. The number of nitrogens with one attached hydrogen (secondary N) is 1. The van der Waals surface area contributed by atoms with Crippen LogP contribution >= 0.6 is 0 Å². The first-order valence-corrected chi connectivity index (χ1v) is 5.94. The van der Waals surface area contributed by atoms with Gasteiger partial charge in [0.05, 0.1) is 5.56 Å². The molecule has 0 unspecified atom stereocenters. The van der Waals surface area contributed by atoms with E-state index >= 15 is 0 Å². The summed E-state index contributed by atoms with van der Waals surface area (Å²) < 4.78 is 0. The van der Waals surface area contributed by atoms with Crippen molar-refractivity contribution in [3.8, 4) is 0 Å². The molecule has 0 aromatic heterocycles. The van der Waals surface area contributed by atoms with Gasteiger partial charge in [0, 0.05) is 17.9 Å². The summed E-state index contributed by atoms with van der Waals surface area (Å²) in [5.74, 6) is 0.528. The van der Waals surface area contributed by atoms with Gasteiger partial charge in [-0.1, -0.05) is 13.8 Å². The van der Waals surface area contributed by atoms with Gasteiger partial charge in [-0.25, -0.2) is 0 Å². The molecule has 0 aliphatic rings. The molecule has 0 atom stereocenters. The molecular formula is C13H21N3O. The van der Waals surface area contributed by atoms with Gasteiger partial charge in [0.15, 0.2) is 0 Å². The van der Waals surface area contributed by atoms with E-state index in [9.17, 15) is 4.79 Å². The van der Waals surface area contributed by atoms with Crippen LogP contribution < -0.4 is 16.8 Å². The topological polar surface area (TPSA) is 81.1 Å². The zero-order valence-corrected chi connectivity index (χ0v) is 10.5. The lowest BCUT2D eigenvalue weighted by Gasteiger charge is -2.09. The van der Waals surface area contributed by atoms with E-state index < -0.39 is 0 Å². The van der Waals surface area contributed by atoms with E-state index in [4.69, 9.17) is 11.5 Å². The van der Waals surface area contributed by atoms with Crippen molar-refractivity contribution in [3.05, 3.63) is 23.8 Å². The first-order chi connectivity index (χ1) is 8.00. The Labute approximate surface area is 102 Å². The van der Waals surface area contributed by atoms with Crippen molar-refractivity contribution in [3.63, 3.8) is 0 Å². The maximum absolute atomic E-state index is 11.8. The van der Waals surface area contributed by atoms with E-state index in [-0.39, 0.29) is 5.91 Å². The molecule has 0 bridgehead atoms. The average molecular weight is 235 g/mol. The van der Waals surface area contributed by atoms with E-state index in [1.165, 1.54) is 0 Å². The van der Waals surface area contributed by atoms with Crippen LogP contribution in [0.2, 0.25) is 0 Å². The number of hydrogen-bond donors (Lipinski definition) is 3. The van der Waals surface area contributed by atoms with Gasteiger partial charge in [-0.2, -0.15) is 0 Å². The first-order valence-electron chi connectivity index (χ1n) is 5.94. The standard InChI is InChI=1S/C13H21N3O/c1-9(2)4-3-7-16-13(17)11-6-5-10(14)8-12(11)15/h5-6,8-9H,3-4,7,14-15H2,1-2H3,(H,16,17). The van der Waals surface area contributed by atoms with Gasteiger partial charge < -0.3 is 16.8 Å². The van der Waals surface area contributed by atoms with Crippen molar-refractivity contribution in [1.29, 1.82) is 0 Å². The summed E-state index contributed by atoms with van der Waals surface area (Å²) >= 11 is 0. The zero-order valence-electron chi connectivity index (χ0n) is 10.5. The number of hydrogen-bond acceptors (Lipinski definition) is 3. The highest BCUT2D eigenvalue weighted by Gasteiger charge is 2.08. The number of nitrogen functional groups attached to an aromatic ring is 2. The molecule has 0 spiro atoms. The Morgan fingerprint density at radius 3 is 2.65 bits per heavy atom. The Balaban J connectivity index is 2.47. The van der Waals surface area contributed by atoms with Crippen molar-refractivity contribution in [1.82, 2.24) is 5.32 Å². The second kappa shape index (κ2) is 6.13. The fourth-order valence-electron chi connectivity index (χ4n) is 1.60. The molecule has 17 heavy (non-hydrogen) atoms. The second-order valence-electron chi connectivity index (χ2n) is 4.64. The predicted molar refractivity (Wildman–Crippen MR) is 71.7 cm³/mol. The van der Waals surface area contributed by atoms with Crippen molar-refractivity contribution in [2.24, 2.45) is 5.92 Å². The molecule has 0 fully saturated rings. The van der Waals surface area contributed by atoms with Gasteiger partial charge in [-0.15, -0.1) is 0 Å². The van der Waals surface area contributed by atoms with Gasteiger partial charge >= 0.3 is 0 Å². The molecule has 1 amide bonds. The van der Waals surface area contributed by atoms with Crippen molar-refractivity contribution >= 4 is 17.3 Å². The molecule has 0 heterocycles. The van der Waals surface area contributed by atoms with Crippen LogP contribution in [0.15, 0.2) is 18.2 Å². The van der Waals surface area contributed by atoms with Crippen LogP contribution in [-0.2, 0) is 0 Å². The normalized spacial score (nSPS) is 10.5. The second-order valence-corrected chi connectivity index (χ2v) is 4.64. The lowest BCUT2D eigenvalue weighted by Crippen LogP contribution is -2.25. The molecule has 5 N–H and O–H groups in total. The fraction of sp³-hybridized carbons (Fsp3) is 0.462. The summed E-state index contributed by atoms with van der Waals surface area (Å²) in [7, 11) is 0. The van der Waals surface area contributed by atoms with Crippen LogP contribution in [0.3, 0.4) is 0 Å². The molecule has 1 aromatic rings. The number of anilines is 2. The van der Waals surface area contributed by atoms with E-state index in [1.807, 2.05) is 0 Å². The molecule has 1 aromatic carbocycles.